The van der Waals surface area contributed by atoms with Crippen molar-refractivity contribution in [3.05, 3.63) is 20.8 Å². The van der Waals surface area contributed by atoms with Gasteiger partial charge in [0.25, 0.3) is 0 Å². The van der Waals surface area contributed by atoms with Gasteiger partial charge < -0.3 is 10.4 Å². The average Bonchev–Trinajstić information content (AvgIpc) is 2.61. The summed E-state index contributed by atoms with van der Waals surface area (Å²) >= 11 is 6.64. The van der Waals surface area contributed by atoms with E-state index in [9.17, 15) is 4.79 Å². The van der Waals surface area contributed by atoms with Gasteiger partial charge >= 0.3 is 0 Å². The molecule has 0 aliphatic carbocycles. The van der Waals surface area contributed by atoms with E-state index >= 15 is 0 Å². The highest BCUT2D eigenvalue weighted by molar-refractivity contribution is 9.11. The van der Waals surface area contributed by atoms with Gasteiger partial charge in [-0.25, -0.2) is 0 Å². The maximum absolute atomic E-state index is 11.1. The van der Waals surface area contributed by atoms with Crippen LogP contribution in [0.5, 0.6) is 0 Å². The van der Waals surface area contributed by atoms with Crippen molar-refractivity contribution in [2.75, 3.05) is 18.9 Å². The summed E-state index contributed by atoms with van der Waals surface area (Å²) in [6.45, 7) is 0.332. The summed E-state index contributed by atoms with van der Waals surface area (Å²) < 4.78 is 1.11. The summed E-state index contributed by atoms with van der Waals surface area (Å²) in [5, 5.41) is 11.1. The van der Waals surface area contributed by atoms with E-state index in [1.165, 1.54) is 4.88 Å². The maximum atomic E-state index is 11.1. The fraction of sp³-hybridized carbons (Fsp3) is 0.444. The lowest BCUT2D eigenvalue weighted by Gasteiger charge is -2.01. The van der Waals surface area contributed by atoms with Crippen molar-refractivity contribution >= 4 is 44.9 Å². The van der Waals surface area contributed by atoms with Crippen molar-refractivity contribution in [3.8, 4) is 0 Å². The molecule has 0 spiro atoms. The minimum absolute atomic E-state index is 0.00568. The number of thiophene rings is 1. The van der Waals surface area contributed by atoms with Crippen molar-refractivity contribution in [2.24, 2.45) is 0 Å². The van der Waals surface area contributed by atoms with Crippen molar-refractivity contribution in [3.63, 3.8) is 0 Å². The first-order chi connectivity index (χ1) is 7.22. The van der Waals surface area contributed by atoms with Crippen LogP contribution in [-0.4, -0.2) is 29.9 Å². The summed E-state index contributed by atoms with van der Waals surface area (Å²) in [7, 11) is 0. The standard InChI is InChI=1S/C9H12BrNO2S2/c10-8-2-1-7(15-8)5-14-6-9(13)11-3-4-12/h1-2,12H,3-6H2,(H,11,13). The Morgan fingerprint density at radius 2 is 2.40 bits per heavy atom. The lowest BCUT2D eigenvalue weighted by atomic mass is 10.5. The molecule has 1 aromatic heterocycles. The van der Waals surface area contributed by atoms with Crippen molar-refractivity contribution in [2.45, 2.75) is 5.75 Å². The highest BCUT2D eigenvalue weighted by Crippen LogP contribution is 2.25. The molecule has 3 nitrogen and oxygen atoms in total. The molecular weight excluding hydrogens is 298 g/mol. The molecular formula is C9H12BrNO2S2. The lowest BCUT2D eigenvalue weighted by molar-refractivity contribution is -0.118. The van der Waals surface area contributed by atoms with Crippen molar-refractivity contribution < 1.29 is 9.90 Å². The summed E-state index contributed by atoms with van der Waals surface area (Å²) in [5.74, 6) is 1.27. The molecule has 6 heteroatoms. The van der Waals surface area contributed by atoms with E-state index in [1.807, 2.05) is 12.1 Å². The average molecular weight is 310 g/mol. The fourth-order valence-electron chi connectivity index (χ4n) is 0.920. The van der Waals surface area contributed by atoms with Gasteiger partial charge in [-0.2, -0.15) is 0 Å². The van der Waals surface area contributed by atoms with Gasteiger partial charge in [0.15, 0.2) is 0 Å². The number of aliphatic hydroxyl groups excluding tert-OH is 1. The first-order valence-electron chi connectivity index (χ1n) is 4.42. The monoisotopic (exact) mass is 309 g/mol. The largest absolute Gasteiger partial charge is 0.395 e. The van der Waals surface area contributed by atoms with Gasteiger partial charge in [0.1, 0.15) is 0 Å². The smallest absolute Gasteiger partial charge is 0.230 e. The van der Waals surface area contributed by atoms with Crippen LogP contribution >= 0.6 is 39.0 Å². The molecule has 1 heterocycles. The summed E-state index contributed by atoms with van der Waals surface area (Å²) in [6.07, 6.45) is 0. The van der Waals surface area contributed by atoms with Crippen LogP contribution in [0.3, 0.4) is 0 Å². The van der Waals surface area contributed by atoms with Crippen LogP contribution in [0.2, 0.25) is 0 Å². The third-order valence-electron chi connectivity index (χ3n) is 1.54. The lowest BCUT2D eigenvalue weighted by Crippen LogP contribution is -2.27. The Hall–Kier alpha value is -0.0400. The van der Waals surface area contributed by atoms with E-state index in [4.69, 9.17) is 5.11 Å². The zero-order valence-corrected chi connectivity index (χ0v) is 11.3. The molecule has 0 aliphatic heterocycles. The molecule has 0 bridgehead atoms. The number of aliphatic hydroxyl groups is 1. The Labute approximate surface area is 105 Å². The predicted molar refractivity (Wildman–Crippen MR) is 68.3 cm³/mol. The van der Waals surface area contributed by atoms with E-state index in [1.54, 1.807) is 23.1 Å². The number of rotatable bonds is 6. The van der Waals surface area contributed by atoms with E-state index in [2.05, 4.69) is 21.2 Å². The Morgan fingerprint density at radius 1 is 1.60 bits per heavy atom. The Morgan fingerprint density at radius 3 is 3.00 bits per heavy atom. The minimum atomic E-state index is -0.0235. The maximum Gasteiger partial charge on any atom is 0.230 e. The van der Waals surface area contributed by atoms with Gasteiger partial charge in [-0.15, -0.1) is 23.1 Å². The molecule has 1 rings (SSSR count). The molecule has 0 radical (unpaired) electrons. The van der Waals surface area contributed by atoms with Crippen LogP contribution in [0.1, 0.15) is 4.88 Å². The SMILES string of the molecule is O=C(CSCc1ccc(Br)s1)NCCO. The third-order valence-corrected chi connectivity index (χ3v) is 4.33. The predicted octanol–water partition coefficient (Wildman–Crippen LogP) is 1.85. The molecule has 0 fully saturated rings. The number of halogens is 1. The van der Waals surface area contributed by atoms with Gasteiger partial charge in [-0.05, 0) is 28.1 Å². The van der Waals surface area contributed by atoms with Crippen molar-refractivity contribution in [1.29, 1.82) is 0 Å². The summed E-state index contributed by atoms with van der Waals surface area (Å²) in [5.41, 5.74) is 0. The molecule has 0 aromatic carbocycles. The van der Waals surface area contributed by atoms with Gasteiger partial charge in [0.05, 0.1) is 16.1 Å². The number of amides is 1. The Kier molecular flexibility index (Phi) is 6.31. The molecule has 0 aliphatic rings. The molecule has 1 aromatic rings. The molecule has 15 heavy (non-hydrogen) atoms. The summed E-state index contributed by atoms with van der Waals surface area (Å²) in [6, 6.07) is 4.06. The minimum Gasteiger partial charge on any atom is -0.395 e. The van der Waals surface area contributed by atoms with Crippen LogP contribution in [-0.2, 0) is 10.5 Å². The van der Waals surface area contributed by atoms with E-state index in [-0.39, 0.29) is 12.5 Å². The second-order valence-corrected chi connectivity index (χ2v) is 6.31. The first-order valence-corrected chi connectivity index (χ1v) is 7.18. The molecule has 84 valence electrons. The Balaban J connectivity index is 2.13. The quantitative estimate of drug-likeness (QED) is 0.843. The number of carbonyl (C=O) groups is 1. The fourth-order valence-corrected chi connectivity index (χ4v) is 3.37. The molecule has 1 amide bonds. The highest BCUT2D eigenvalue weighted by Gasteiger charge is 2.02. The van der Waals surface area contributed by atoms with E-state index < -0.39 is 0 Å². The molecule has 0 atom stereocenters. The van der Waals surface area contributed by atoms with Crippen molar-refractivity contribution in [1.82, 2.24) is 5.32 Å². The molecule has 2 N–H and O–H groups in total. The number of hydrogen-bond donors (Lipinski definition) is 2. The number of hydrogen-bond acceptors (Lipinski definition) is 4. The normalized spacial score (nSPS) is 10.3. The van der Waals surface area contributed by atoms with Gasteiger partial charge in [-0.1, -0.05) is 0 Å². The van der Waals surface area contributed by atoms with Gasteiger partial charge in [0, 0.05) is 17.2 Å². The van der Waals surface area contributed by atoms with Crippen LogP contribution in [0.25, 0.3) is 0 Å². The topological polar surface area (TPSA) is 49.3 Å². The van der Waals surface area contributed by atoms with Crippen LogP contribution in [0, 0.1) is 0 Å². The van der Waals surface area contributed by atoms with Crippen LogP contribution < -0.4 is 5.32 Å². The van der Waals surface area contributed by atoms with Crippen LogP contribution in [0.15, 0.2) is 15.9 Å². The second-order valence-electron chi connectivity index (χ2n) is 2.77. The van der Waals surface area contributed by atoms with Crippen LogP contribution in [0.4, 0.5) is 0 Å². The second kappa shape index (κ2) is 7.27. The molecule has 0 unspecified atom stereocenters. The molecule has 0 saturated carbocycles. The first kappa shape index (κ1) is 13.0. The number of nitrogens with one attached hydrogen (secondary N) is 1. The highest BCUT2D eigenvalue weighted by atomic mass is 79.9. The van der Waals surface area contributed by atoms with E-state index in [0.29, 0.717) is 12.3 Å². The Bertz CT molecular complexity index is 317. The van der Waals surface area contributed by atoms with Gasteiger partial charge in [-0.3, -0.25) is 4.79 Å². The number of thioether (sulfide) groups is 1. The number of carbonyl (C=O) groups excluding carboxylic acids is 1. The zero-order chi connectivity index (χ0) is 11.1. The third kappa shape index (κ3) is 5.55. The summed E-state index contributed by atoms with van der Waals surface area (Å²) in [4.78, 5) is 12.4. The molecule has 0 saturated heterocycles. The zero-order valence-electron chi connectivity index (χ0n) is 8.03. The van der Waals surface area contributed by atoms with E-state index in [0.717, 1.165) is 9.54 Å². The van der Waals surface area contributed by atoms with Gasteiger partial charge in [0.2, 0.25) is 5.91 Å².